The van der Waals surface area contributed by atoms with Gasteiger partial charge in [0.05, 0.1) is 35.5 Å². The average Bonchev–Trinajstić information content (AvgIpc) is 3.09. The summed E-state index contributed by atoms with van der Waals surface area (Å²) in [5.41, 5.74) is -2.05. The number of Topliss-reactive ketones (excluding diaryl/α,β-unsaturated/α-hetero) is 1. The standard InChI is InChI=1S/C39H64N4O8/c1-25-22-39(7,47-11)34(51-36-32(30(41(8)9)21-26(2)48-36)50-35(45)29-15-13-12-14-16-29)27(3)33(44)38(5,6)37(46)49-28(4)31(42(10)23-25)24-43-19-17-40-18-20-43/h12-16,25-28,30-32,34,36,40H,17-24H2,1-11H3/t25-,26-,27+,28+,30+,31+,32-,34-,36+,39-/m1/s1. The SMILES string of the molecule is CO[C@]1(C)C[C@@H](C)CN(C)[C@@H](CN2CCNCC2)[C@H](C)OC(=O)C(C)(C)C(=O)[C@H](C)[C@H]1O[C@@H]1O[C@H](C)C[C@H](N(C)C)[C@H]1OC(=O)c1ccccc1. The van der Waals surface area contributed by atoms with Crippen molar-refractivity contribution in [2.45, 2.75) is 110 Å². The smallest absolute Gasteiger partial charge is 0.338 e. The zero-order valence-corrected chi connectivity index (χ0v) is 32.8. The molecular weight excluding hydrogens is 652 g/mol. The Hall–Kier alpha value is -2.45. The molecule has 1 aromatic rings. The van der Waals surface area contributed by atoms with Crippen LogP contribution in [0.1, 0.15) is 71.7 Å². The van der Waals surface area contributed by atoms with Gasteiger partial charge in [0.2, 0.25) is 0 Å². The van der Waals surface area contributed by atoms with Gasteiger partial charge in [0.1, 0.15) is 11.5 Å². The highest BCUT2D eigenvalue weighted by molar-refractivity contribution is 6.04. The van der Waals surface area contributed by atoms with Gasteiger partial charge in [-0.25, -0.2) is 4.79 Å². The summed E-state index contributed by atoms with van der Waals surface area (Å²) < 4.78 is 32.1. The minimum Gasteiger partial charge on any atom is -0.460 e. The van der Waals surface area contributed by atoms with E-state index in [1.54, 1.807) is 52.1 Å². The molecule has 288 valence electrons. The van der Waals surface area contributed by atoms with Gasteiger partial charge >= 0.3 is 11.9 Å². The first-order valence-corrected chi connectivity index (χ1v) is 18.7. The van der Waals surface area contributed by atoms with Crippen LogP contribution in [-0.4, -0.2) is 148 Å². The predicted octanol–water partition coefficient (Wildman–Crippen LogP) is 3.48. The van der Waals surface area contributed by atoms with Crippen LogP contribution < -0.4 is 5.32 Å². The van der Waals surface area contributed by atoms with Gasteiger partial charge in [-0.1, -0.05) is 32.0 Å². The molecule has 51 heavy (non-hydrogen) atoms. The molecule has 0 unspecified atom stereocenters. The van der Waals surface area contributed by atoms with Crippen LogP contribution >= 0.6 is 0 Å². The quantitative estimate of drug-likeness (QED) is 0.314. The number of nitrogens with one attached hydrogen (secondary N) is 1. The Morgan fingerprint density at radius 2 is 1.69 bits per heavy atom. The van der Waals surface area contributed by atoms with E-state index in [9.17, 15) is 14.4 Å². The molecule has 12 heteroatoms. The summed E-state index contributed by atoms with van der Waals surface area (Å²) >= 11 is 0. The maximum absolute atomic E-state index is 14.6. The summed E-state index contributed by atoms with van der Waals surface area (Å²) in [6, 6.07) is 8.53. The summed E-state index contributed by atoms with van der Waals surface area (Å²) in [6.45, 7) is 18.2. The van der Waals surface area contributed by atoms with Crippen molar-refractivity contribution in [2.75, 3.05) is 67.5 Å². The maximum atomic E-state index is 14.6. The second-order valence-corrected chi connectivity index (χ2v) is 16.1. The molecule has 4 rings (SSSR count). The lowest BCUT2D eigenvalue weighted by Crippen LogP contribution is -2.60. The summed E-state index contributed by atoms with van der Waals surface area (Å²) in [6.07, 6.45) is -2.23. The zero-order chi connectivity index (χ0) is 37.7. The largest absolute Gasteiger partial charge is 0.460 e. The van der Waals surface area contributed by atoms with Crippen LogP contribution in [0.4, 0.5) is 0 Å². The maximum Gasteiger partial charge on any atom is 0.338 e. The molecule has 3 aliphatic rings. The molecule has 0 amide bonds. The van der Waals surface area contributed by atoms with Crippen molar-refractivity contribution in [3.8, 4) is 0 Å². The van der Waals surface area contributed by atoms with Crippen LogP contribution in [0.5, 0.6) is 0 Å². The van der Waals surface area contributed by atoms with E-state index in [4.69, 9.17) is 23.7 Å². The Balaban J connectivity index is 1.72. The number of likely N-dealkylation sites (N-methyl/N-ethyl adjacent to an activating group) is 2. The second-order valence-electron chi connectivity index (χ2n) is 16.1. The van der Waals surface area contributed by atoms with Crippen LogP contribution in [0.3, 0.4) is 0 Å². The normalized spacial score (nSPS) is 36.4. The third-order valence-corrected chi connectivity index (χ3v) is 11.3. The van der Waals surface area contributed by atoms with E-state index in [0.29, 0.717) is 24.9 Å². The molecule has 10 atom stereocenters. The molecule has 0 bridgehead atoms. The number of benzene rings is 1. The molecule has 1 N–H and O–H groups in total. The van der Waals surface area contributed by atoms with Crippen LogP contribution in [0.25, 0.3) is 0 Å². The monoisotopic (exact) mass is 716 g/mol. The van der Waals surface area contributed by atoms with Crippen molar-refractivity contribution in [1.29, 1.82) is 0 Å². The van der Waals surface area contributed by atoms with Crippen LogP contribution in [0.2, 0.25) is 0 Å². The zero-order valence-electron chi connectivity index (χ0n) is 32.8. The Morgan fingerprint density at radius 1 is 1.04 bits per heavy atom. The van der Waals surface area contributed by atoms with E-state index >= 15 is 0 Å². The number of hydrogen-bond donors (Lipinski definition) is 1. The first-order valence-electron chi connectivity index (χ1n) is 18.7. The Bertz CT molecular complexity index is 1310. The molecule has 3 fully saturated rings. The molecule has 12 nitrogen and oxygen atoms in total. The fourth-order valence-corrected chi connectivity index (χ4v) is 8.17. The van der Waals surface area contributed by atoms with E-state index in [1.807, 2.05) is 45.8 Å². The van der Waals surface area contributed by atoms with Gasteiger partial charge in [0, 0.05) is 52.3 Å². The van der Waals surface area contributed by atoms with Crippen LogP contribution in [0, 0.1) is 17.3 Å². The van der Waals surface area contributed by atoms with Crippen molar-refractivity contribution in [3.05, 3.63) is 35.9 Å². The number of nitrogens with zero attached hydrogens (tertiary/aromatic N) is 3. The number of carbonyl (C=O) groups excluding carboxylic acids is 3. The fourth-order valence-electron chi connectivity index (χ4n) is 8.17. The summed E-state index contributed by atoms with van der Waals surface area (Å²) in [7, 11) is 7.60. The second kappa shape index (κ2) is 17.6. The van der Waals surface area contributed by atoms with E-state index in [-0.39, 0.29) is 29.9 Å². The van der Waals surface area contributed by atoms with Gasteiger partial charge in [0.15, 0.2) is 18.2 Å². The molecular formula is C39H64N4O8. The average molecular weight is 717 g/mol. The summed E-state index contributed by atoms with van der Waals surface area (Å²) in [4.78, 5) is 48.7. The van der Waals surface area contributed by atoms with Crippen molar-refractivity contribution in [3.63, 3.8) is 0 Å². The number of hydrogen-bond acceptors (Lipinski definition) is 12. The van der Waals surface area contributed by atoms with Gasteiger partial charge in [0.25, 0.3) is 0 Å². The van der Waals surface area contributed by atoms with Gasteiger partial charge in [-0.15, -0.1) is 0 Å². The minimum absolute atomic E-state index is 0.0837. The lowest BCUT2D eigenvalue weighted by atomic mass is 9.74. The summed E-state index contributed by atoms with van der Waals surface area (Å²) in [5.74, 6) is -2.10. The van der Waals surface area contributed by atoms with E-state index < -0.39 is 53.5 Å². The van der Waals surface area contributed by atoms with Crippen LogP contribution in [-0.2, 0) is 33.3 Å². The highest BCUT2D eigenvalue weighted by atomic mass is 16.7. The number of ether oxygens (including phenoxy) is 5. The molecule has 3 aliphatic heterocycles. The number of rotatable bonds is 8. The molecule has 0 aromatic heterocycles. The number of methoxy groups -OCH3 is 1. The Labute approximate surface area is 305 Å². The minimum atomic E-state index is -1.48. The number of piperazine rings is 1. The Kier molecular flexibility index (Phi) is 14.2. The fraction of sp³-hybridized carbons (Fsp3) is 0.769. The van der Waals surface area contributed by atoms with Crippen molar-refractivity contribution < 1.29 is 38.1 Å². The molecule has 0 saturated carbocycles. The molecule has 3 saturated heterocycles. The molecule has 0 radical (unpaired) electrons. The predicted molar refractivity (Wildman–Crippen MR) is 195 cm³/mol. The molecule has 0 aliphatic carbocycles. The molecule has 0 spiro atoms. The van der Waals surface area contributed by atoms with Crippen molar-refractivity contribution >= 4 is 17.7 Å². The third-order valence-electron chi connectivity index (χ3n) is 11.3. The first kappa shape index (κ1) is 41.3. The van der Waals surface area contributed by atoms with Crippen LogP contribution in [0.15, 0.2) is 30.3 Å². The molecule has 3 heterocycles. The van der Waals surface area contributed by atoms with Gasteiger partial charge in [-0.2, -0.15) is 0 Å². The van der Waals surface area contributed by atoms with E-state index in [1.165, 1.54) is 0 Å². The number of carbonyl (C=O) groups is 3. The van der Waals surface area contributed by atoms with Gasteiger partial charge < -0.3 is 33.9 Å². The molecule has 1 aromatic carbocycles. The van der Waals surface area contributed by atoms with Gasteiger partial charge in [-0.05, 0) is 86.7 Å². The number of cyclic esters (lactones) is 1. The summed E-state index contributed by atoms with van der Waals surface area (Å²) in [5, 5.41) is 3.41. The highest BCUT2D eigenvalue weighted by Crippen LogP contribution is 2.39. The third kappa shape index (κ3) is 9.96. The highest BCUT2D eigenvalue weighted by Gasteiger charge is 2.52. The van der Waals surface area contributed by atoms with E-state index in [2.05, 4.69) is 29.1 Å². The lowest BCUT2D eigenvalue weighted by molar-refractivity contribution is -0.295. The van der Waals surface area contributed by atoms with Crippen molar-refractivity contribution in [1.82, 2.24) is 20.0 Å². The van der Waals surface area contributed by atoms with E-state index in [0.717, 1.165) is 32.7 Å². The number of ketones is 1. The van der Waals surface area contributed by atoms with Crippen molar-refractivity contribution in [2.24, 2.45) is 17.3 Å². The van der Waals surface area contributed by atoms with Gasteiger partial charge in [-0.3, -0.25) is 19.4 Å². The first-order chi connectivity index (χ1) is 24.0. The number of esters is 2. The topological polar surface area (TPSA) is 119 Å². The Morgan fingerprint density at radius 3 is 2.29 bits per heavy atom. The lowest BCUT2D eigenvalue weighted by Gasteiger charge is -2.48.